The van der Waals surface area contributed by atoms with Crippen molar-refractivity contribution in [2.45, 2.75) is 12.8 Å². The monoisotopic (exact) mass is 278 g/mol. The van der Waals surface area contributed by atoms with Crippen molar-refractivity contribution < 1.29 is 19.4 Å². The number of rotatable bonds is 3. The van der Waals surface area contributed by atoms with E-state index in [1.54, 1.807) is 18.2 Å². The Balaban J connectivity index is 2.21. The Labute approximate surface area is 117 Å². The maximum absolute atomic E-state index is 11.8. The van der Waals surface area contributed by atoms with Gasteiger partial charge < -0.3 is 20.5 Å². The number of methoxy groups -OCH3 is 1. The van der Waals surface area contributed by atoms with E-state index >= 15 is 0 Å². The predicted molar refractivity (Wildman–Crippen MR) is 74.8 cm³/mol. The van der Waals surface area contributed by atoms with Gasteiger partial charge in [0.2, 0.25) is 0 Å². The van der Waals surface area contributed by atoms with Crippen LogP contribution in [0.15, 0.2) is 18.2 Å². The summed E-state index contributed by atoms with van der Waals surface area (Å²) in [6, 6.07) is 5.10. The number of ether oxygens (including phenoxy) is 1. The Morgan fingerprint density at radius 1 is 1.35 bits per heavy atom. The molecule has 1 aliphatic rings. The van der Waals surface area contributed by atoms with Gasteiger partial charge in [-0.05, 0) is 31.0 Å². The zero-order chi connectivity index (χ0) is 14.7. The number of nitrogen functional groups attached to an aromatic ring is 1. The summed E-state index contributed by atoms with van der Waals surface area (Å²) in [6.45, 7) is 1.20. The Bertz CT molecular complexity index is 522. The van der Waals surface area contributed by atoms with Crippen molar-refractivity contribution in [3.05, 3.63) is 23.8 Å². The van der Waals surface area contributed by atoms with Crippen LogP contribution in [0.25, 0.3) is 0 Å². The molecule has 0 unspecified atom stereocenters. The molecule has 0 saturated carbocycles. The van der Waals surface area contributed by atoms with Crippen molar-refractivity contribution in [1.29, 1.82) is 0 Å². The predicted octanol–water partition coefficient (Wildman–Crippen LogP) is 1.36. The Kier molecular flexibility index (Phi) is 4.12. The van der Waals surface area contributed by atoms with Gasteiger partial charge in [0.1, 0.15) is 0 Å². The Morgan fingerprint density at radius 3 is 2.55 bits per heavy atom. The molecule has 1 heterocycles. The van der Waals surface area contributed by atoms with Crippen LogP contribution in [0.3, 0.4) is 0 Å². The van der Waals surface area contributed by atoms with Gasteiger partial charge in [0.25, 0.3) is 0 Å². The molecule has 0 spiro atoms. The number of nitrogens with zero attached hydrogens (tertiary/aromatic N) is 1. The van der Waals surface area contributed by atoms with E-state index in [0.717, 1.165) is 5.69 Å². The lowest BCUT2D eigenvalue weighted by Crippen LogP contribution is -2.37. The Morgan fingerprint density at radius 2 is 2.00 bits per heavy atom. The quantitative estimate of drug-likeness (QED) is 0.640. The summed E-state index contributed by atoms with van der Waals surface area (Å²) in [5, 5.41) is 9.00. The number of hydrogen-bond donors (Lipinski definition) is 2. The molecule has 1 aromatic rings. The van der Waals surface area contributed by atoms with Crippen LogP contribution in [0, 0.1) is 5.92 Å². The fourth-order valence-electron chi connectivity index (χ4n) is 2.47. The summed E-state index contributed by atoms with van der Waals surface area (Å²) in [6.07, 6.45) is 1.14. The van der Waals surface area contributed by atoms with Crippen LogP contribution >= 0.6 is 0 Å². The highest BCUT2D eigenvalue weighted by Crippen LogP contribution is 2.28. The lowest BCUT2D eigenvalue weighted by Gasteiger charge is -2.33. The molecule has 6 heteroatoms. The van der Waals surface area contributed by atoms with Gasteiger partial charge in [-0.1, -0.05) is 0 Å². The summed E-state index contributed by atoms with van der Waals surface area (Å²) < 4.78 is 4.77. The molecule has 0 atom stereocenters. The molecule has 108 valence electrons. The maximum Gasteiger partial charge on any atom is 0.340 e. The van der Waals surface area contributed by atoms with E-state index < -0.39 is 11.9 Å². The third-order valence-electron chi connectivity index (χ3n) is 3.61. The number of esters is 1. The largest absolute Gasteiger partial charge is 0.481 e. The molecular formula is C14H18N2O4. The molecule has 2 rings (SSSR count). The molecule has 1 fully saturated rings. The van der Waals surface area contributed by atoms with E-state index in [0.29, 0.717) is 37.2 Å². The second kappa shape index (κ2) is 5.81. The fraction of sp³-hybridized carbons (Fsp3) is 0.429. The summed E-state index contributed by atoms with van der Waals surface area (Å²) in [7, 11) is 1.33. The van der Waals surface area contributed by atoms with E-state index in [4.69, 9.17) is 15.6 Å². The SMILES string of the molecule is COC(=O)c1cc(N)ccc1N1CCC(C(=O)O)CC1. The van der Waals surface area contributed by atoms with Crippen molar-refractivity contribution in [3.63, 3.8) is 0 Å². The minimum absolute atomic E-state index is 0.304. The first-order valence-electron chi connectivity index (χ1n) is 6.48. The molecule has 3 N–H and O–H groups in total. The number of carboxylic acids is 1. The van der Waals surface area contributed by atoms with Gasteiger partial charge in [-0.3, -0.25) is 4.79 Å². The van der Waals surface area contributed by atoms with Crippen LogP contribution in [0.2, 0.25) is 0 Å². The minimum atomic E-state index is -0.754. The molecule has 0 aliphatic carbocycles. The molecule has 6 nitrogen and oxygen atoms in total. The summed E-state index contributed by atoms with van der Waals surface area (Å²) in [4.78, 5) is 24.8. The van der Waals surface area contributed by atoms with E-state index in [1.807, 2.05) is 4.90 Å². The molecule has 1 aromatic carbocycles. The van der Waals surface area contributed by atoms with Crippen molar-refractivity contribution in [3.8, 4) is 0 Å². The van der Waals surface area contributed by atoms with E-state index in [9.17, 15) is 9.59 Å². The number of carbonyl (C=O) groups excluding carboxylic acids is 1. The van der Waals surface area contributed by atoms with E-state index in [2.05, 4.69) is 0 Å². The number of nitrogens with two attached hydrogens (primary N) is 1. The lowest BCUT2D eigenvalue weighted by atomic mass is 9.96. The fourth-order valence-corrected chi connectivity index (χ4v) is 2.47. The third kappa shape index (κ3) is 2.84. The average molecular weight is 278 g/mol. The number of piperidine rings is 1. The number of anilines is 2. The second-order valence-electron chi connectivity index (χ2n) is 4.87. The Hall–Kier alpha value is -2.24. The highest BCUT2D eigenvalue weighted by atomic mass is 16.5. The van der Waals surface area contributed by atoms with Gasteiger partial charge in [0.15, 0.2) is 0 Å². The zero-order valence-electron chi connectivity index (χ0n) is 11.3. The zero-order valence-corrected chi connectivity index (χ0v) is 11.3. The van der Waals surface area contributed by atoms with Crippen LogP contribution < -0.4 is 10.6 Å². The standard InChI is InChI=1S/C14H18N2O4/c1-20-14(19)11-8-10(15)2-3-12(11)16-6-4-9(5-7-16)13(17)18/h2-3,8-9H,4-7,15H2,1H3,(H,17,18). The van der Waals surface area contributed by atoms with Crippen molar-refractivity contribution in [2.24, 2.45) is 5.92 Å². The van der Waals surface area contributed by atoms with Crippen molar-refractivity contribution in [2.75, 3.05) is 30.8 Å². The third-order valence-corrected chi connectivity index (χ3v) is 3.61. The molecular weight excluding hydrogens is 260 g/mol. The smallest absolute Gasteiger partial charge is 0.340 e. The number of carbonyl (C=O) groups is 2. The van der Waals surface area contributed by atoms with Gasteiger partial charge in [0, 0.05) is 18.8 Å². The van der Waals surface area contributed by atoms with Gasteiger partial charge >= 0.3 is 11.9 Å². The molecule has 0 bridgehead atoms. The van der Waals surface area contributed by atoms with Gasteiger partial charge in [0.05, 0.1) is 24.3 Å². The lowest BCUT2D eigenvalue weighted by molar-refractivity contribution is -0.142. The molecule has 0 aromatic heterocycles. The highest BCUT2D eigenvalue weighted by Gasteiger charge is 2.26. The number of aliphatic carboxylic acids is 1. The molecule has 0 amide bonds. The van der Waals surface area contributed by atoms with Crippen molar-refractivity contribution in [1.82, 2.24) is 0 Å². The topological polar surface area (TPSA) is 92.9 Å². The first kappa shape index (κ1) is 14.2. The molecule has 20 heavy (non-hydrogen) atoms. The molecule has 1 saturated heterocycles. The van der Waals surface area contributed by atoms with Crippen LogP contribution in [-0.2, 0) is 9.53 Å². The summed E-state index contributed by atoms with van der Waals surface area (Å²) in [5.41, 5.74) is 7.37. The summed E-state index contributed by atoms with van der Waals surface area (Å²) in [5.74, 6) is -1.50. The number of benzene rings is 1. The highest BCUT2D eigenvalue weighted by molar-refractivity contribution is 5.97. The molecule has 0 radical (unpaired) electrons. The summed E-state index contributed by atoms with van der Waals surface area (Å²) >= 11 is 0. The van der Waals surface area contributed by atoms with Crippen LogP contribution in [0.4, 0.5) is 11.4 Å². The maximum atomic E-state index is 11.8. The van der Waals surface area contributed by atoms with Crippen LogP contribution in [0.5, 0.6) is 0 Å². The molecule has 1 aliphatic heterocycles. The van der Waals surface area contributed by atoms with Crippen molar-refractivity contribution >= 4 is 23.3 Å². The number of carboxylic acid groups (broad SMARTS) is 1. The van der Waals surface area contributed by atoms with Gasteiger partial charge in [-0.25, -0.2) is 4.79 Å². The first-order chi connectivity index (χ1) is 9.52. The van der Waals surface area contributed by atoms with Crippen LogP contribution in [0.1, 0.15) is 23.2 Å². The first-order valence-corrected chi connectivity index (χ1v) is 6.48. The minimum Gasteiger partial charge on any atom is -0.481 e. The average Bonchev–Trinajstić information content (AvgIpc) is 2.46. The van der Waals surface area contributed by atoms with E-state index in [-0.39, 0.29) is 5.92 Å². The number of hydrogen-bond acceptors (Lipinski definition) is 5. The van der Waals surface area contributed by atoms with Gasteiger partial charge in [-0.15, -0.1) is 0 Å². The van der Waals surface area contributed by atoms with Gasteiger partial charge in [-0.2, -0.15) is 0 Å². The van der Waals surface area contributed by atoms with Crippen LogP contribution in [-0.4, -0.2) is 37.2 Å². The van der Waals surface area contributed by atoms with E-state index in [1.165, 1.54) is 7.11 Å². The second-order valence-corrected chi connectivity index (χ2v) is 4.87. The normalized spacial score (nSPS) is 15.9.